The molecule has 0 fully saturated rings. The lowest BCUT2D eigenvalue weighted by molar-refractivity contribution is 0.179. The maximum absolute atomic E-state index is 12.6. The Hall–Kier alpha value is -1.13. The largest absolute Gasteiger partial charge is 0.383 e. The van der Waals surface area contributed by atoms with E-state index in [0.29, 0.717) is 0 Å². The summed E-state index contributed by atoms with van der Waals surface area (Å²) in [7, 11) is -2.23. The summed E-state index contributed by atoms with van der Waals surface area (Å²) in [6, 6.07) is 6.72. The van der Waals surface area contributed by atoms with Crippen LogP contribution in [-0.2, 0) is 14.8 Å². The fraction of sp³-hybridized carbons (Fsp3) is 0.462. The van der Waals surface area contributed by atoms with Gasteiger partial charge in [-0.2, -0.15) is 9.57 Å². The van der Waals surface area contributed by atoms with Crippen LogP contribution in [0.3, 0.4) is 0 Å². The minimum absolute atomic E-state index is 0.0545. The SMILES string of the molecule is COCCN(CCC#N)S(=O)(=O)c1ccc(C)cc1Cl. The fourth-order valence-corrected chi connectivity index (χ4v) is 3.67. The van der Waals surface area contributed by atoms with Crippen molar-refractivity contribution < 1.29 is 13.2 Å². The number of ether oxygens (including phenoxy) is 1. The average molecular weight is 317 g/mol. The first kappa shape index (κ1) is 16.9. The molecule has 1 rings (SSSR count). The zero-order valence-corrected chi connectivity index (χ0v) is 13.0. The summed E-state index contributed by atoms with van der Waals surface area (Å²) in [4.78, 5) is 0.0545. The molecule has 0 unspecified atom stereocenters. The zero-order valence-electron chi connectivity index (χ0n) is 11.5. The summed E-state index contributed by atoms with van der Waals surface area (Å²) < 4.78 is 31.2. The molecule has 0 saturated carbocycles. The van der Waals surface area contributed by atoms with E-state index < -0.39 is 10.0 Å². The number of hydrogen-bond acceptors (Lipinski definition) is 4. The van der Waals surface area contributed by atoms with Crippen LogP contribution in [0.5, 0.6) is 0 Å². The number of nitriles is 1. The monoisotopic (exact) mass is 316 g/mol. The van der Waals surface area contributed by atoms with E-state index in [1.54, 1.807) is 12.1 Å². The third kappa shape index (κ3) is 4.18. The van der Waals surface area contributed by atoms with Gasteiger partial charge in [-0.1, -0.05) is 17.7 Å². The Labute approximate surface area is 124 Å². The molecule has 0 bridgehead atoms. The van der Waals surface area contributed by atoms with E-state index in [1.165, 1.54) is 17.5 Å². The molecule has 0 N–H and O–H groups in total. The fourth-order valence-electron chi connectivity index (χ4n) is 1.67. The number of aryl methyl sites for hydroxylation is 1. The molecule has 0 saturated heterocycles. The molecule has 0 aliphatic heterocycles. The maximum atomic E-state index is 12.6. The van der Waals surface area contributed by atoms with Crippen LogP contribution in [0.1, 0.15) is 12.0 Å². The van der Waals surface area contributed by atoms with Gasteiger partial charge in [0, 0.05) is 26.6 Å². The molecule has 110 valence electrons. The van der Waals surface area contributed by atoms with Crippen molar-refractivity contribution >= 4 is 21.6 Å². The molecular weight excluding hydrogens is 300 g/mol. The molecular formula is C13H17ClN2O3S. The maximum Gasteiger partial charge on any atom is 0.244 e. The van der Waals surface area contributed by atoms with Crippen LogP contribution in [-0.4, -0.2) is 39.5 Å². The molecule has 5 nitrogen and oxygen atoms in total. The summed E-state index contributed by atoms with van der Waals surface area (Å²) in [6.45, 7) is 2.39. The van der Waals surface area contributed by atoms with E-state index in [2.05, 4.69) is 0 Å². The highest BCUT2D eigenvalue weighted by atomic mass is 35.5. The summed E-state index contributed by atoms with van der Waals surface area (Å²) in [5.41, 5.74) is 0.884. The van der Waals surface area contributed by atoms with Gasteiger partial charge in [0.15, 0.2) is 0 Å². The Balaban J connectivity index is 3.11. The highest BCUT2D eigenvalue weighted by Gasteiger charge is 2.26. The quantitative estimate of drug-likeness (QED) is 0.773. The second-order valence-corrected chi connectivity index (χ2v) is 6.55. The number of methoxy groups -OCH3 is 1. The van der Waals surface area contributed by atoms with Gasteiger partial charge in [0.05, 0.1) is 17.7 Å². The van der Waals surface area contributed by atoms with Crippen molar-refractivity contribution in [3.63, 3.8) is 0 Å². The van der Waals surface area contributed by atoms with Crippen LogP contribution >= 0.6 is 11.6 Å². The Kier molecular flexibility index (Phi) is 6.43. The Morgan fingerprint density at radius 2 is 2.10 bits per heavy atom. The Morgan fingerprint density at radius 3 is 2.65 bits per heavy atom. The molecule has 0 heterocycles. The minimum Gasteiger partial charge on any atom is -0.383 e. The first-order chi connectivity index (χ1) is 9.43. The molecule has 0 radical (unpaired) electrons. The van der Waals surface area contributed by atoms with E-state index in [9.17, 15) is 8.42 Å². The molecule has 0 atom stereocenters. The van der Waals surface area contributed by atoms with Crippen molar-refractivity contribution in [2.75, 3.05) is 26.8 Å². The van der Waals surface area contributed by atoms with E-state index in [-0.39, 0.29) is 36.0 Å². The summed E-state index contributed by atoms with van der Waals surface area (Å²) in [5.74, 6) is 0. The lowest BCUT2D eigenvalue weighted by Crippen LogP contribution is -2.34. The van der Waals surface area contributed by atoms with Crippen molar-refractivity contribution in [3.8, 4) is 6.07 Å². The molecule has 7 heteroatoms. The summed E-state index contributed by atoms with van der Waals surface area (Å²) in [5, 5.41) is 8.82. The predicted molar refractivity (Wildman–Crippen MR) is 77.1 cm³/mol. The van der Waals surface area contributed by atoms with Gasteiger partial charge < -0.3 is 4.74 Å². The first-order valence-corrected chi connectivity index (χ1v) is 7.87. The van der Waals surface area contributed by atoms with Gasteiger partial charge in [0.1, 0.15) is 4.90 Å². The second kappa shape index (κ2) is 7.60. The molecule has 0 aliphatic rings. The molecule has 0 amide bonds. The Morgan fingerprint density at radius 1 is 1.40 bits per heavy atom. The van der Waals surface area contributed by atoms with Crippen LogP contribution in [0, 0.1) is 18.3 Å². The summed E-state index contributed by atoms with van der Waals surface area (Å²) >= 11 is 6.02. The van der Waals surface area contributed by atoms with Gasteiger partial charge in [0.2, 0.25) is 10.0 Å². The van der Waals surface area contributed by atoms with Crippen molar-refractivity contribution in [2.45, 2.75) is 18.2 Å². The Bertz CT molecular complexity index is 596. The standard InChI is InChI=1S/C13H17ClN2O3S/c1-11-4-5-13(12(14)10-11)20(17,18)16(7-3-6-15)8-9-19-2/h4-5,10H,3,7-9H2,1-2H3. The predicted octanol–water partition coefficient (Wildman–Crippen LogP) is 2.20. The van der Waals surface area contributed by atoms with Crippen molar-refractivity contribution in [2.24, 2.45) is 0 Å². The molecule has 1 aromatic carbocycles. The van der Waals surface area contributed by atoms with Gasteiger partial charge in [-0.15, -0.1) is 0 Å². The second-order valence-electron chi connectivity index (χ2n) is 4.24. The number of nitrogens with zero attached hydrogens (tertiary/aromatic N) is 2. The van der Waals surface area contributed by atoms with Gasteiger partial charge in [0.25, 0.3) is 0 Å². The van der Waals surface area contributed by atoms with E-state index in [0.717, 1.165) is 5.56 Å². The van der Waals surface area contributed by atoms with Crippen LogP contribution < -0.4 is 0 Å². The molecule has 20 heavy (non-hydrogen) atoms. The van der Waals surface area contributed by atoms with Crippen LogP contribution in [0.25, 0.3) is 0 Å². The molecule has 1 aromatic rings. The zero-order chi connectivity index (χ0) is 15.2. The average Bonchev–Trinajstić information content (AvgIpc) is 2.38. The van der Waals surface area contributed by atoms with Gasteiger partial charge in [-0.05, 0) is 24.6 Å². The minimum atomic E-state index is -3.72. The smallest absolute Gasteiger partial charge is 0.244 e. The number of sulfonamides is 1. The van der Waals surface area contributed by atoms with E-state index >= 15 is 0 Å². The van der Waals surface area contributed by atoms with Crippen LogP contribution in [0.15, 0.2) is 23.1 Å². The molecule has 0 aliphatic carbocycles. The lowest BCUT2D eigenvalue weighted by Gasteiger charge is -2.21. The highest BCUT2D eigenvalue weighted by molar-refractivity contribution is 7.89. The highest BCUT2D eigenvalue weighted by Crippen LogP contribution is 2.25. The van der Waals surface area contributed by atoms with E-state index in [1.807, 2.05) is 13.0 Å². The number of hydrogen-bond donors (Lipinski definition) is 0. The lowest BCUT2D eigenvalue weighted by atomic mass is 10.2. The third-order valence-corrected chi connectivity index (χ3v) is 5.10. The van der Waals surface area contributed by atoms with Crippen LogP contribution in [0.2, 0.25) is 5.02 Å². The summed E-state index contributed by atoms with van der Waals surface area (Å²) in [6.07, 6.45) is 0.117. The van der Waals surface area contributed by atoms with Gasteiger partial charge in [-0.25, -0.2) is 8.42 Å². The van der Waals surface area contributed by atoms with Gasteiger partial charge in [-0.3, -0.25) is 0 Å². The van der Waals surface area contributed by atoms with E-state index in [4.69, 9.17) is 21.6 Å². The van der Waals surface area contributed by atoms with Crippen molar-refractivity contribution in [1.29, 1.82) is 5.26 Å². The normalized spacial score (nSPS) is 11.6. The number of halogens is 1. The topological polar surface area (TPSA) is 70.4 Å². The molecule has 0 aromatic heterocycles. The van der Waals surface area contributed by atoms with Crippen molar-refractivity contribution in [1.82, 2.24) is 4.31 Å². The number of benzene rings is 1. The van der Waals surface area contributed by atoms with Crippen molar-refractivity contribution in [3.05, 3.63) is 28.8 Å². The van der Waals surface area contributed by atoms with Gasteiger partial charge >= 0.3 is 0 Å². The third-order valence-electron chi connectivity index (χ3n) is 2.72. The first-order valence-electron chi connectivity index (χ1n) is 6.05. The van der Waals surface area contributed by atoms with Crippen LogP contribution in [0.4, 0.5) is 0 Å². The molecule has 0 spiro atoms. The number of rotatable bonds is 7.